The standard InChI is InChI=1S/C8H15N5/c1-3-10-8(9)11-5-7-4-6(2)12-13-7/h4H,3,5H2,1-2H3,(H,12,13)(H3,9,10,11). The van der Waals surface area contributed by atoms with Crippen LogP contribution in [0, 0.1) is 6.92 Å². The monoisotopic (exact) mass is 181 g/mol. The number of nitrogens with two attached hydrogens (primary N) is 1. The predicted molar refractivity (Wildman–Crippen MR) is 52.3 cm³/mol. The summed E-state index contributed by atoms with van der Waals surface area (Å²) in [5.41, 5.74) is 7.48. The highest BCUT2D eigenvalue weighted by Gasteiger charge is 1.95. The Hall–Kier alpha value is -1.52. The van der Waals surface area contributed by atoms with Crippen molar-refractivity contribution in [2.45, 2.75) is 20.4 Å². The van der Waals surface area contributed by atoms with Crippen molar-refractivity contribution >= 4 is 5.96 Å². The number of aromatic amines is 1. The van der Waals surface area contributed by atoms with Crippen LogP contribution in [0.3, 0.4) is 0 Å². The van der Waals surface area contributed by atoms with Crippen molar-refractivity contribution in [3.05, 3.63) is 17.5 Å². The van der Waals surface area contributed by atoms with Gasteiger partial charge in [-0.1, -0.05) is 0 Å². The molecule has 5 nitrogen and oxygen atoms in total. The summed E-state index contributed by atoms with van der Waals surface area (Å²) in [4.78, 5) is 4.10. The highest BCUT2D eigenvalue weighted by atomic mass is 15.1. The average molecular weight is 181 g/mol. The molecular weight excluding hydrogens is 166 g/mol. The smallest absolute Gasteiger partial charge is 0.188 e. The van der Waals surface area contributed by atoms with Gasteiger partial charge in [-0.2, -0.15) is 5.10 Å². The molecule has 0 unspecified atom stereocenters. The van der Waals surface area contributed by atoms with Gasteiger partial charge in [0.15, 0.2) is 5.96 Å². The van der Waals surface area contributed by atoms with E-state index in [2.05, 4.69) is 20.5 Å². The summed E-state index contributed by atoms with van der Waals surface area (Å²) in [6, 6.07) is 1.95. The molecule has 0 aromatic carbocycles. The molecule has 0 saturated heterocycles. The lowest BCUT2D eigenvalue weighted by atomic mass is 10.4. The number of hydrogen-bond donors (Lipinski definition) is 3. The van der Waals surface area contributed by atoms with Crippen LogP contribution in [0.25, 0.3) is 0 Å². The summed E-state index contributed by atoms with van der Waals surface area (Å²) in [7, 11) is 0. The van der Waals surface area contributed by atoms with Gasteiger partial charge >= 0.3 is 0 Å². The van der Waals surface area contributed by atoms with Crippen LogP contribution in [0.15, 0.2) is 11.1 Å². The molecule has 0 radical (unpaired) electrons. The second-order valence-corrected chi connectivity index (χ2v) is 2.77. The first-order chi connectivity index (χ1) is 6.22. The molecule has 1 aromatic rings. The molecule has 0 spiro atoms. The lowest BCUT2D eigenvalue weighted by Crippen LogP contribution is -2.31. The fraction of sp³-hybridized carbons (Fsp3) is 0.500. The van der Waals surface area contributed by atoms with Gasteiger partial charge in [0, 0.05) is 12.2 Å². The topological polar surface area (TPSA) is 79.1 Å². The fourth-order valence-corrected chi connectivity index (χ4v) is 0.959. The van der Waals surface area contributed by atoms with Crippen molar-refractivity contribution in [3.8, 4) is 0 Å². The highest BCUT2D eigenvalue weighted by Crippen LogP contribution is 1.98. The Morgan fingerprint density at radius 1 is 1.77 bits per heavy atom. The Labute approximate surface area is 77.4 Å². The molecule has 1 aromatic heterocycles. The van der Waals surface area contributed by atoms with Gasteiger partial charge in [-0.3, -0.25) is 5.10 Å². The summed E-state index contributed by atoms with van der Waals surface area (Å²) in [5.74, 6) is 0.461. The Bertz CT molecular complexity index is 288. The molecule has 0 saturated carbocycles. The predicted octanol–water partition coefficient (Wildman–Crippen LogP) is 0.142. The number of guanidine groups is 1. The number of aryl methyl sites for hydroxylation is 1. The van der Waals surface area contributed by atoms with Crippen LogP contribution in [0.5, 0.6) is 0 Å². The third-order valence-electron chi connectivity index (χ3n) is 1.53. The van der Waals surface area contributed by atoms with E-state index in [-0.39, 0.29) is 0 Å². The molecule has 0 aliphatic heterocycles. The Morgan fingerprint density at radius 2 is 2.54 bits per heavy atom. The largest absolute Gasteiger partial charge is 0.370 e. The van der Waals surface area contributed by atoms with Gasteiger partial charge in [-0.25, -0.2) is 4.99 Å². The minimum Gasteiger partial charge on any atom is -0.370 e. The third kappa shape index (κ3) is 3.14. The Kier molecular flexibility index (Phi) is 3.31. The van der Waals surface area contributed by atoms with E-state index in [0.717, 1.165) is 17.9 Å². The second-order valence-electron chi connectivity index (χ2n) is 2.77. The lowest BCUT2D eigenvalue weighted by Gasteiger charge is -1.99. The molecule has 4 N–H and O–H groups in total. The normalized spacial score (nSPS) is 11.7. The van der Waals surface area contributed by atoms with E-state index in [0.29, 0.717) is 12.5 Å². The van der Waals surface area contributed by atoms with Gasteiger partial charge in [0.2, 0.25) is 0 Å². The van der Waals surface area contributed by atoms with E-state index in [4.69, 9.17) is 5.73 Å². The molecule has 0 bridgehead atoms. The van der Waals surface area contributed by atoms with Gasteiger partial charge in [0.05, 0.1) is 12.2 Å². The molecule has 0 aliphatic rings. The molecule has 1 heterocycles. The van der Waals surface area contributed by atoms with E-state index < -0.39 is 0 Å². The van der Waals surface area contributed by atoms with Crippen LogP contribution in [0.1, 0.15) is 18.3 Å². The number of H-pyrrole nitrogens is 1. The third-order valence-corrected chi connectivity index (χ3v) is 1.53. The number of hydrogen-bond acceptors (Lipinski definition) is 2. The maximum Gasteiger partial charge on any atom is 0.188 e. The Morgan fingerprint density at radius 3 is 3.08 bits per heavy atom. The maximum atomic E-state index is 5.54. The average Bonchev–Trinajstić information content (AvgIpc) is 2.49. The van der Waals surface area contributed by atoms with Gasteiger partial charge in [-0.15, -0.1) is 0 Å². The fourth-order valence-electron chi connectivity index (χ4n) is 0.959. The van der Waals surface area contributed by atoms with Crippen molar-refractivity contribution in [2.24, 2.45) is 10.7 Å². The van der Waals surface area contributed by atoms with Gasteiger partial charge in [0.25, 0.3) is 0 Å². The van der Waals surface area contributed by atoms with Gasteiger partial charge in [0.1, 0.15) is 0 Å². The Balaban J connectivity index is 2.46. The van der Waals surface area contributed by atoms with Crippen LogP contribution in [-0.2, 0) is 6.54 Å². The van der Waals surface area contributed by atoms with E-state index in [1.54, 1.807) is 0 Å². The van der Waals surface area contributed by atoms with Gasteiger partial charge < -0.3 is 11.1 Å². The quantitative estimate of drug-likeness (QED) is 0.458. The zero-order chi connectivity index (χ0) is 9.68. The molecule has 1 rings (SSSR count). The van der Waals surface area contributed by atoms with Crippen LogP contribution in [-0.4, -0.2) is 22.7 Å². The lowest BCUT2D eigenvalue weighted by molar-refractivity contribution is 0.898. The van der Waals surface area contributed by atoms with Crippen LogP contribution in [0.4, 0.5) is 0 Å². The molecule has 0 fully saturated rings. The zero-order valence-electron chi connectivity index (χ0n) is 7.96. The summed E-state index contributed by atoms with van der Waals surface area (Å²) < 4.78 is 0. The van der Waals surface area contributed by atoms with Crippen molar-refractivity contribution in [2.75, 3.05) is 6.54 Å². The van der Waals surface area contributed by atoms with Gasteiger partial charge in [-0.05, 0) is 19.9 Å². The van der Waals surface area contributed by atoms with E-state index >= 15 is 0 Å². The summed E-state index contributed by atoms with van der Waals surface area (Å²) >= 11 is 0. The van der Waals surface area contributed by atoms with Crippen LogP contribution in [0.2, 0.25) is 0 Å². The molecular formula is C8H15N5. The summed E-state index contributed by atoms with van der Waals surface area (Å²) in [6.07, 6.45) is 0. The highest BCUT2D eigenvalue weighted by molar-refractivity contribution is 5.77. The zero-order valence-corrected chi connectivity index (χ0v) is 7.96. The number of aliphatic imine (C=N–C) groups is 1. The number of nitrogens with zero attached hydrogens (tertiary/aromatic N) is 2. The number of nitrogens with one attached hydrogen (secondary N) is 2. The number of rotatable bonds is 3. The second kappa shape index (κ2) is 4.49. The minimum absolute atomic E-state index is 0.461. The maximum absolute atomic E-state index is 5.54. The van der Waals surface area contributed by atoms with Crippen molar-refractivity contribution < 1.29 is 0 Å². The molecule has 0 aliphatic carbocycles. The first-order valence-electron chi connectivity index (χ1n) is 4.27. The van der Waals surface area contributed by atoms with Crippen LogP contribution >= 0.6 is 0 Å². The van der Waals surface area contributed by atoms with E-state index in [1.165, 1.54) is 0 Å². The van der Waals surface area contributed by atoms with E-state index in [1.807, 2.05) is 19.9 Å². The van der Waals surface area contributed by atoms with E-state index in [9.17, 15) is 0 Å². The van der Waals surface area contributed by atoms with Crippen molar-refractivity contribution in [1.29, 1.82) is 0 Å². The molecule has 13 heavy (non-hydrogen) atoms. The first-order valence-corrected chi connectivity index (χ1v) is 4.27. The van der Waals surface area contributed by atoms with Crippen molar-refractivity contribution in [3.63, 3.8) is 0 Å². The molecule has 0 amide bonds. The molecule has 5 heteroatoms. The van der Waals surface area contributed by atoms with Crippen LogP contribution < -0.4 is 11.1 Å². The minimum atomic E-state index is 0.461. The molecule has 72 valence electrons. The molecule has 0 atom stereocenters. The summed E-state index contributed by atoms with van der Waals surface area (Å²) in [5, 5.41) is 9.79. The SMILES string of the molecule is CCNC(N)=NCc1cc(C)[nH]n1. The first kappa shape index (κ1) is 9.57. The number of aromatic nitrogens is 2. The summed E-state index contributed by atoms with van der Waals surface area (Å²) in [6.45, 7) is 5.23. The van der Waals surface area contributed by atoms with Crippen molar-refractivity contribution in [1.82, 2.24) is 15.5 Å².